The normalized spacial score (nSPS) is 11.1. The number of nitrogens with zero attached hydrogens (tertiary/aromatic N) is 3. The number of benzene rings is 1. The fourth-order valence-corrected chi connectivity index (χ4v) is 2.59. The number of hydrogen-bond donors (Lipinski definition) is 1. The third-order valence-electron chi connectivity index (χ3n) is 3.22. The topological polar surface area (TPSA) is 59.3 Å². The Morgan fingerprint density at radius 1 is 1.36 bits per heavy atom. The fourth-order valence-electron chi connectivity index (χ4n) is 2.07. The van der Waals surface area contributed by atoms with Crippen molar-refractivity contribution in [2.45, 2.75) is 27.3 Å². The minimum Gasteiger partial charge on any atom is -0.274 e. The van der Waals surface area contributed by atoms with E-state index in [0.717, 1.165) is 22.5 Å². The second kappa shape index (κ2) is 6.94. The molecule has 0 radical (unpaired) electrons. The molecule has 7 heteroatoms. The third kappa shape index (κ3) is 3.67. The van der Waals surface area contributed by atoms with Gasteiger partial charge in [0.25, 0.3) is 0 Å². The van der Waals surface area contributed by atoms with E-state index in [4.69, 9.17) is 23.2 Å². The smallest absolute Gasteiger partial charge is 0.236 e. The van der Waals surface area contributed by atoms with Crippen LogP contribution >= 0.6 is 23.2 Å². The predicted octanol–water partition coefficient (Wildman–Crippen LogP) is 3.33. The summed E-state index contributed by atoms with van der Waals surface area (Å²) in [6.07, 6.45) is 1.59. The molecule has 2 aromatic rings. The first-order valence-electron chi connectivity index (χ1n) is 6.66. The van der Waals surface area contributed by atoms with Crippen molar-refractivity contribution in [1.29, 1.82) is 0 Å². The Balaban J connectivity index is 2.30. The maximum Gasteiger partial charge on any atom is 0.236 e. The molecule has 1 aromatic heterocycles. The van der Waals surface area contributed by atoms with Crippen molar-refractivity contribution < 1.29 is 4.79 Å². The molecule has 22 heavy (non-hydrogen) atoms. The van der Waals surface area contributed by atoms with Gasteiger partial charge in [-0.2, -0.15) is 10.2 Å². The molecular weight excluding hydrogens is 323 g/mol. The van der Waals surface area contributed by atoms with Gasteiger partial charge in [-0.1, -0.05) is 29.3 Å². The Labute approximate surface area is 138 Å². The number of amides is 1. The molecule has 0 aliphatic carbocycles. The lowest BCUT2D eigenvalue weighted by molar-refractivity contribution is -0.118. The zero-order valence-corrected chi connectivity index (χ0v) is 14.0. The molecule has 116 valence electrons. The quantitative estimate of drug-likeness (QED) is 0.686. The lowest BCUT2D eigenvalue weighted by Crippen LogP contribution is -2.12. The van der Waals surface area contributed by atoms with Gasteiger partial charge in [0, 0.05) is 33.8 Å². The van der Waals surface area contributed by atoms with Crippen LogP contribution < -0.4 is 5.43 Å². The number of carbonyl (C=O) groups is 1. The van der Waals surface area contributed by atoms with Crippen molar-refractivity contribution >= 4 is 35.3 Å². The molecule has 5 nitrogen and oxygen atoms in total. The van der Waals surface area contributed by atoms with Crippen LogP contribution in [0.5, 0.6) is 0 Å². The summed E-state index contributed by atoms with van der Waals surface area (Å²) in [4.78, 5) is 10.9. The SMILES string of the molecule is CC(=O)N/N=C\c1c(C)nn(Cc2c(Cl)cccc2Cl)c1C. The zero-order valence-electron chi connectivity index (χ0n) is 12.5. The van der Waals surface area contributed by atoms with Crippen LogP contribution in [0.4, 0.5) is 0 Å². The van der Waals surface area contributed by atoms with Gasteiger partial charge in [-0.25, -0.2) is 5.43 Å². The summed E-state index contributed by atoms with van der Waals surface area (Å²) in [6.45, 7) is 5.69. The average Bonchev–Trinajstić information content (AvgIpc) is 2.70. The van der Waals surface area contributed by atoms with Crippen LogP contribution in [0.25, 0.3) is 0 Å². The molecule has 0 unspecified atom stereocenters. The summed E-state index contributed by atoms with van der Waals surface area (Å²) < 4.78 is 1.82. The van der Waals surface area contributed by atoms with Gasteiger partial charge in [0.2, 0.25) is 5.91 Å². The number of hydrogen-bond acceptors (Lipinski definition) is 3. The Morgan fingerprint density at radius 2 is 2.00 bits per heavy atom. The molecule has 1 heterocycles. The number of nitrogens with one attached hydrogen (secondary N) is 1. The van der Waals surface area contributed by atoms with E-state index in [9.17, 15) is 4.79 Å². The molecule has 0 fully saturated rings. The van der Waals surface area contributed by atoms with Gasteiger partial charge in [0.1, 0.15) is 0 Å². The van der Waals surface area contributed by atoms with E-state index in [1.165, 1.54) is 6.92 Å². The maximum atomic E-state index is 10.9. The lowest BCUT2D eigenvalue weighted by atomic mass is 10.2. The number of rotatable bonds is 4. The maximum absolute atomic E-state index is 10.9. The minimum atomic E-state index is -0.221. The van der Waals surface area contributed by atoms with E-state index in [-0.39, 0.29) is 5.91 Å². The van der Waals surface area contributed by atoms with E-state index in [2.05, 4.69) is 15.6 Å². The van der Waals surface area contributed by atoms with E-state index in [1.807, 2.05) is 18.5 Å². The highest BCUT2D eigenvalue weighted by molar-refractivity contribution is 6.35. The van der Waals surface area contributed by atoms with Crippen molar-refractivity contribution in [3.8, 4) is 0 Å². The number of carbonyl (C=O) groups excluding carboxylic acids is 1. The zero-order chi connectivity index (χ0) is 16.3. The van der Waals surface area contributed by atoms with E-state index < -0.39 is 0 Å². The highest BCUT2D eigenvalue weighted by Crippen LogP contribution is 2.26. The largest absolute Gasteiger partial charge is 0.274 e. The third-order valence-corrected chi connectivity index (χ3v) is 3.93. The minimum absolute atomic E-state index is 0.221. The van der Waals surface area contributed by atoms with Crippen LogP contribution in [0.1, 0.15) is 29.4 Å². The molecule has 1 aromatic carbocycles. The lowest BCUT2D eigenvalue weighted by Gasteiger charge is -2.08. The Bertz CT molecular complexity index is 717. The molecule has 0 saturated heterocycles. The summed E-state index contributed by atoms with van der Waals surface area (Å²) in [6, 6.07) is 5.40. The first kappa shape index (κ1) is 16.5. The Morgan fingerprint density at radius 3 is 2.59 bits per heavy atom. The van der Waals surface area contributed by atoms with Crippen LogP contribution in [0.15, 0.2) is 23.3 Å². The molecule has 0 bridgehead atoms. The van der Waals surface area contributed by atoms with Crippen LogP contribution in [0, 0.1) is 13.8 Å². The van der Waals surface area contributed by atoms with E-state index >= 15 is 0 Å². The highest BCUT2D eigenvalue weighted by Gasteiger charge is 2.13. The van der Waals surface area contributed by atoms with Crippen molar-refractivity contribution in [2.75, 3.05) is 0 Å². The Hall–Kier alpha value is -1.85. The fraction of sp³-hybridized carbons (Fsp3) is 0.267. The molecule has 1 N–H and O–H groups in total. The van der Waals surface area contributed by atoms with Crippen LogP contribution in [-0.2, 0) is 11.3 Å². The van der Waals surface area contributed by atoms with Gasteiger partial charge in [-0.15, -0.1) is 0 Å². The monoisotopic (exact) mass is 338 g/mol. The first-order chi connectivity index (χ1) is 10.4. The molecule has 2 rings (SSSR count). The molecule has 0 atom stereocenters. The average molecular weight is 339 g/mol. The Kier molecular flexibility index (Phi) is 5.21. The molecule has 1 amide bonds. The van der Waals surface area contributed by atoms with Crippen molar-refractivity contribution in [1.82, 2.24) is 15.2 Å². The standard InChI is InChI=1S/C15H16Cl2N4O/c1-9-12(7-18-19-11(3)22)10(2)21(20-9)8-13-14(16)5-4-6-15(13)17/h4-7H,8H2,1-3H3,(H,19,22)/b18-7-. The van der Waals surface area contributed by atoms with Crippen molar-refractivity contribution in [2.24, 2.45) is 5.10 Å². The molecule has 0 aliphatic rings. The molecule has 0 aliphatic heterocycles. The van der Waals surface area contributed by atoms with E-state index in [1.54, 1.807) is 24.4 Å². The number of halogens is 2. The van der Waals surface area contributed by atoms with E-state index in [0.29, 0.717) is 16.6 Å². The summed E-state index contributed by atoms with van der Waals surface area (Å²) in [7, 11) is 0. The summed E-state index contributed by atoms with van der Waals surface area (Å²) in [5, 5.41) is 9.58. The number of hydrazone groups is 1. The molecular formula is C15H16Cl2N4O. The van der Waals surface area contributed by atoms with Crippen LogP contribution in [0.2, 0.25) is 10.0 Å². The summed E-state index contributed by atoms with van der Waals surface area (Å²) >= 11 is 12.4. The van der Waals surface area contributed by atoms with Gasteiger partial charge >= 0.3 is 0 Å². The molecule has 0 saturated carbocycles. The van der Waals surface area contributed by atoms with Gasteiger partial charge in [0.15, 0.2) is 0 Å². The summed E-state index contributed by atoms with van der Waals surface area (Å²) in [5.74, 6) is -0.221. The van der Waals surface area contributed by atoms with Gasteiger partial charge in [-0.3, -0.25) is 9.48 Å². The molecule has 0 spiro atoms. The van der Waals surface area contributed by atoms with Gasteiger partial charge in [-0.05, 0) is 26.0 Å². The number of aryl methyl sites for hydroxylation is 1. The van der Waals surface area contributed by atoms with Gasteiger partial charge in [0.05, 0.1) is 18.5 Å². The van der Waals surface area contributed by atoms with Crippen LogP contribution in [-0.4, -0.2) is 21.9 Å². The van der Waals surface area contributed by atoms with Crippen LogP contribution in [0.3, 0.4) is 0 Å². The second-order valence-corrected chi connectivity index (χ2v) is 5.68. The second-order valence-electron chi connectivity index (χ2n) is 4.87. The summed E-state index contributed by atoms with van der Waals surface area (Å²) in [5.41, 5.74) is 5.79. The van der Waals surface area contributed by atoms with Crippen molar-refractivity contribution in [3.05, 3.63) is 50.8 Å². The van der Waals surface area contributed by atoms with Crippen molar-refractivity contribution in [3.63, 3.8) is 0 Å². The first-order valence-corrected chi connectivity index (χ1v) is 7.42. The predicted molar refractivity (Wildman–Crippen MR) is 88.7 cm³/mol. The highest BCUT2D eigenvalue weighted by atomic mass is 35.5. The van der Waals surface area contributed by atoms with Gasteiger partial charge < -0.3 is 0 Å². The number of aromatic nitrogens is 2.